The van der Waals surface area contributed by atoms with Gasteiger partial charge in [0.15, 0.2) is 12.4 Å². The molecule has 4 bridgehead atoms. The molecule has 7 rings (SSSR count). The van der Waals surface area contributed by atoms with Crippen molar-refractivity contribution >= 4 is 5.91 Å². The lowest BCUT2D eigenvalue weighted by molar-refractivity contribution is -0.378. The van der Waals surface area contributed by atoms with Crippen molar-refractivity contribution in [3.05, 3.63) is 65.9 Å². The Kier molecular flexibility index (Phi) is 3.91. The van der Waals surface area contributed by atoms with E-state index in [0.717, 1.165) is 37.8 Å². The topological polar surface area (TPSA) is 78.7 Å². The van der Waals surface area contributed by atoms with Crippen molar-refractivity contribution in [1.29, 1.82) is 0 Å². The number of rotatable bonds is 4. The third-order valence-electron chi connectivity index (χ3n) is 7.63. The Morgan fingerprint density at radius 2 is 2.10 bits per heavy atom. The highest BCUT2D eigenvalue weighted by Crippen LogP contribution is 2.57. The number of aromatic nitrogens is 1. The van der Waals surface area contributed by atoms with Crippen LogP contribution >= 0.6 is 0 Å². The minimum atomic E-state index is -0.579. The predicted molar refractivity (Wildman–Crippen MR) is 111 cm³/mol. The molecule has 0 saturated heterocycles. The molecule has 3 unspecified atom stereocenters. The van der Waals surface area contributed by atoms with Gasteiger partial charge in [-0.25, -0.2) is 4.98 Å². The quantitative estimate of drug-likeness (QED) is 0.713. The van der Waals surface area contributed by atoms with Gasteiger partial charge >= 0.3 is 0 Å². The zero-order valence-electron chi connectivity index (χ0n) is 17.1. The number of allylic oxidation sites excluding steroid dienone is 3. The minimum Gasteiger partial charge on any atom is -0.390 e. The fraction of sp³-hybridized carbons (Fsp3) is 0.500. The Bertz CT molecular complexity index is 953. The molecule has 1 aromatic heterocycles. The molecule has 6 aliphatic rings. The maximum Gasteiger partial charge on any atom is 0.270 e. The van der Waals surface area contributed by atoms with Crippen LogP contribution in [0, 0.1) is 11.8 Å². The second-order valence-corrected chi connectivity index (χ2v) is 10.1. The third kappa shape index (κ3) is 2.97. The van der Waals surface area contributed by atoms with Crippen LogP contribution in [0.25, 0.3) is 0 Å². The number of H-pyrrole nitrogens is 1. The SMILES string of the molecule is O=C(NC12CC3CC(CC(O)(C3)C1)C2)C1=C2C=CC=CN2C(Cc2ccc[nH+]c2)N1. The molecule has 6 nitrogen and oxygen atoms in total. The van der Waals surface area contributed by atoms with Crippen LogP contribution in [0.5, 0.6) is 0 Å². The summed E-state index contributed by atoms with van der Waals surface area (Å²) in [4.78, 5) is 18.8. The summed E-state index contributed by atoms with van der Waals surface area (Å²) in [7, 11) is 0. The second-order valence-electron chi connectivity index (χ2n) is 10.1. The number of fused-ring (bicyclic) bond motifs is 1. The van der Waals surface area contributed by atoms with Gasteiger partial charge in [0.05, 0.1) is 11.3 Å². The summed E-state index contributed by atoms with van der Waals surface area (Å²) in [5.41, 5.74) is 1.91. The van der Waals surface area contributed by atoms with Gasteiger partial charge in [-0.1, -0.05) is 6.08 Å². The molecule has 1 aromatic rings. The fourth-order valence-electron chi connectivity index (χ4n) is 7.03. The van der Waals surface area contributed by atoms with Crippen LogP contribution < -0.4 is 15.6 Å². The van der Waals surface area contributed by atoms with E-state index in [1.165, 1.54) is 12.0 Å². The van der Waals surface area contributed by atoms with Crippen LogP contribution in [0.3, 0.4) is 0 Å². The smallest absolute Gasteiger partial charge is 0.270 e. The van der Waals surface area contributed by atoms with E-state index in [1.807, 2.05) is 42.9 Å². The van der Waals surface area contributed by atoms with Crippen molar-refractivity contribution in [2.24, 2.45) is 11.8 Å². The summed E-state index contributed by atoms with van der Waals surface area (Å²) in [5.74, 6) is 1.05. The number of carbonyl (C=O) groups excluding carboxylic acids is 1. The van der Waals surface area contributed by atoms with Crippen LogP contribution in [-0.4, -0.2) is 33.2 Å². The van der Waals surface area contributed by atoms with Crippen LogP contribution in [-0.2, 0) is 11.2 Å². The standard InChI is InChI=1S/C24H28N4O2/c29-22(27-23-10-17-8-18(11-23)13-24(30,12-17)15-23)21-19-5-1-2-7-28(19)20(26-21)9-16-4-3-6-25-14-16/h1-7,14,17-18,20,26,30H,8-13,15H2,(H,27,29)/p+1. The molecule has 3 heterocycles. The molecule has 6 heteroatoms. The minimum absolute atomic E-state index is 0.00158. The van der Waals surface area contributed by atoms with Gasteiger partial charge in [0.25, 0.3) is 5.91 Å². The first-order valence-corrected chi connectivity index (χ1v) is 11.1. The molecule has 3 atom stereocenters. The average molecular weight is 406 g/mol. The zero-order chi connectivity index (χ0) is 20.3. The number of nitrogens with zero attached hydrogens (tertiary/aromatic N) is 1. The Morgan fingerprint density at radius 1 is 1.27 bits per heavy atom. The highest BCUT2D eigenvalue weighted by Gasteiger charge is 2.58. The summed E-state index contributed by atoms with van der Waals surface area (Å²) in [6, 6.07) is 4.09. The molecular formula is C24H29N4O2+. The Morgan fingerprint density at radius 3 is 2.83 bits per heavy atom. The number of aliphatic hydroxyl groups is 1. The molecule has 0 aromatic carbocycles. The van der Waals surface area contributed by atoms with Crippen LogP contribution in [0.2, 0.25) is 0 Å². The normalized spacial score (nSPS) is 38.0. The van der Waals surface area contributed by atoms with E-state index in [1.54, 1.807) is 0 Å². The summed E-state index contributed by atoms with van der Waals surface area (Å²) >= 11 is 0. The van der Waals surface area contributed by atoms with Gasteiger partial charge in [-0.3, -0.25) is 4.79 Å². The zero-order valence-corrected chi connectivity index (χ0v) is 17.1. The first-order valence-electron chi connectivity index (χ1n) is 11.1. The summed E-state index contributed by atoms with van der Waals surface area (Å²) < 4.78 is 0. The van der Waals surface area contributed by atoms with Crippen molar-refractivity contribution in [2.75, 3.05) is 0 Å². The molecule has 30 heavy (non-hydrogen) atoms. The Balaban J connectivity index is 1.24. The molecule has 2 aliphatic heterocycles. The van der Waals surface area contributed by atoms with E-state index < -0.39 is 5.60 Å². The maximum absolute atomic E-state index is 13.5. The summed E-state index contributed by atoms with van der Waals surface area (Å²) in [6.45, 7) is 0. The lowest BCUT2D eigenvalue weighted by Gasteiger charge is -2.60. The van der Waals surface area contributed by atoms with Crippen molar-refractivity contribution in [3.8, 4) is 0 Å². The van der Waals surface area contributed by atoms with Crippen LogP contribution in [0.15, 0.2) is 60.3 Å². The monoisotopic (exact) mass is 405 g/mol. The van der Waals surface area contributed by atoms with Gasteiger partial charge in [-0.2, -0.15) is 0 Å². The van der Waals surface area contributed by atoms with Crippen molar-refractivity contribution in [3.63, 3.8) is 0 Å². The third-order valence-corrected chi connectivity index (χ3v) is 7.63. The van der Waals surface area contributed by atoms with Gasteiger partial charge in [0, 0.05) is 29.8 Å². The van der Waals surface area contributed by atoms with E-state index in [4.69, 9.17) is 0 Å². The predicted octanol–water partition coefficient (Wildman–Crippen LogP) is 1.77. The second kappa shape index (κ2) is 6.45. The first kappa shape index (κ1) is 18.2. The lowest BCUT2D eigenvalue weighted by Crippen LogP contribution is -2.65. The van der Waals surface area contributed by atoms with E-state index in [2.05, 4.69) is 26.6 Å². The van der Waals surface area contributed by atoms with Gasteiger partial charge in [0.1, 0.15) is 11.9 Å². The summed E-state index contributed by atoms with van der Waals surface area (Å²) in [6.07, 6.45) is 18.4. The number of pyridine rings is 1. The number of hydrogen-bond donors (Lipinski definition) is 3. The van der Waals surface area contributed by atoms with Crippen molar-refractivity contribution < 1.29 is 14.9 Å². The fourth-order valence-corrected chi connectivity index (χ4v) is 7.03. The molecule has 156 valence electrons. The largest absolute Gasteiger partial charge is 0.390 e. The lowest BCUT2D eigenvalue weighted by atomic mass is 9.51. The van der Waals surface area contributed by atoms with Gasteiger partial charge in [-0.15, -0.1) is 0 Å². The van der Waals surface area contributed by atoms with Crippen molar-refractivity contribution in [2.45, 2.75) is 62.3 Å². The number of carbonyl (C=O) groups is 1. The van der Waals surface area contributed by atoms with E-state index in [-0.39, 0.29) is 17.6 Å². The maximum atomic E-state index is 13.5. The molecule has 1 amide bonds. The number of nitrogens with one attached hydrogen (secondary N) is 3. The van der Waals surface area contributed by atoms with Crippen LogP contribution in [0.1, 0.15) is 44.1 Å². The Hall–Kier alpha value is -2.60. The molecule has 0 radical (unpaired) electrons. The molecule has 0 spiro atoms. The van der Waals surface area contributed by atoms with E-state index >= 15 is 0 Å². The number of amides is 1. The molecule has 4 saturated carbocycles. The highest BCUT2D eigenvalue weighted by atomic mass is 16.3. The van der Waals surface area contributed by atoms with Crippen molar-refractivity contribution in [1.82, 2.24) is 15.5 Å². The van der Waals surface area contributed by atoms with Gasteiger partial charge in [-0.05, 0) is 68.6 Å². The number of aromatic amines is 1. The van der Waals surface area contributed by atoms with Crippen LogP contribution in [0.4, 0.5) is 0 Å². The van der Waals surface area contributed by atoms with E-state index in [9.17, 15) is 9.90 Å². The summed E-state index contributed by atoms with van der Waals surface area (Å²) in [5, 5.41) is 17.9. The molecular weight excluding hydrogens is 376 g/mol. The first-order chi connectivity index (χ1) is 14.5. The molecule has 4 aliphatic carbocycles. The van der Waals surface area contributed by atoms with Gasteiger partial charge < -0.3 is 20.6 Å². The highest BCUT2D eigenvalue weighted by molar-refractivity contribution is 5.95. The van der Waals surface area contributed by atoms with E-state index in [0.29, 0.717) is 24.0 Å². The molecule has 4 N–H and O–H groups in total. The Labute approximate surface area is 176 Å². The molecule has 4 fully saturated rings. The average Bonchev–Trinajstić information content (AvgIpc) is 3.05. The number of hydrogen-bond acceptors (Lipinski definition) is 4. The van der Waals surface area contributed by atoms with Gasteiger partial charge in [0.2, 0.25) is 0 Å².